The van der Waals surface area contributed by atoms with Gasteiger partial charge < -0.3 is 24.8 Å². The van der Waals surface area contributed by atoms with Crippen LogP contribution in [0.3, 0.4) is 0 Å². The lowest BCUT2D eigenvalue weighted by atomic mass is 9.90. The van der Waals surface area contributed by atoms with Gasteiger partial charge in [-0.05, 0) is 50.2 Å². The maximum absolute atomic E-state index is 12.6. The number of hydrogen-bond acceptors (Lipinski definition) is 6. The van der Waals surface area contributed by atoms with Gasteiger partial charge in [-0.25, -0.2) is 4.79 Å². The van der Waals surface area contributed by atoms with Gasteiger partial charge in [-0.1, -0.05) is 0 Å². The highest BCUT2D eigenvalue weighted by Gasteiger charge is 2.36. The van der Waals surface area contributed by atoms with Gasteiger partial charge in [0.15, 0.2) is 11.5 Å². The Kier molecular flexibility index (Phi) is 5.21. The summed E-state index contributed by atoms with van der Waals surface area (Å²) >= 11 is 0. The van der Waals surface area contributed by atoms with E-state index >= 15 is 0 Å². The van der Waals surface area contributed by atoms with E-state index in [1.54, 1.807) is 30.3 Å². The van der Waals surface area contributed by atoms with Gasteiger partial charge in [0.25, 0.3) is 0 Å². The zero-order valence-electron chi connectivity index (χ0n) is 15.7. The average molecular weight is 384 g/mol. The van der Waals surface area contributed by atoms with Gasteiger partial charge >= 0.3 is 5.97 Å². The Balaban J connectivity index is 1.66. The summed E-state index contributed by atoms with van der Waals surface area (Å²) in [6.45, 7) is 3.18. The summed E-state index contributed by atoms with van der Waals surface area (Å²) in [5.41, 5.74) is -0.0309. The number of anilines is 2. The first kappa shape index (κ1) is 19.2. The summed E-state index contributed by atoms with van der Waals surface area (Å²) < 4.78 is 15.1. The number of ether oxygens (including phenoxy) is 3. The van der Waals surface area contributed by atoms with Crippen LogP contribution in [0.2, 0.25) is 0 Å². The van der Waals surface area contributed by atoms with Crippen LogP contribution in [0.4, 0.5) is 11.4 Å². The standard InChI is InChI=1S/C20H20N2O6/c1-20(2,18(24)21-13-6-4-12(5-7-13)17(23)26-3)19(25)22-14-8-9-15-16(10-14)28-11-27-15/h4-10H,11H2,1-3H3,(H,21,24)(H,22,25). The first-order valence-electron chi connectivity index (χ1n) is 8.52. The third kappa shape index (κ3) is 3.90. The van der Waals surface area contributed by atoms with Crippen molar-refractivity contribution in [3.05, 3.63) is 48.0 Å². The van der Waals surface area contributed by atoms with E-state index in [4.69, 9.17) is 9.47 Å². The summed E-state index contributed by atoms with van der Waals surface area (Å²) in [6.07, 6.45) is 0. The highest BCUT2D eigenvalue weighted by Crippen LogP contribution is 2.34. The van der Waals surface area contributed by atoms with Crippen molar-refractivity contribution in [2.45, 2.75) is 13.8 Å². The molecule has 0 saturated heterocycles. The minimum Gasteiger partial charge on any atom is -0.465 e. The van der Waals surface area contributed by atoms with E-state index in [9.17, 15) is 14.4 Å². The van der Waals surface area contributed by atoms with Crippen LogP contribution in [0.5, 0.6) is 11.5 Å². The molecule has 3 rings (SSSR count). The first-order valence-corrected chi connectivity index (χ1v) is 8.52. The molecule has 2 amide bonds. The van der Waals surface area contributed by atoms with E-state index in [2.05, 4.69) is 15.4 Å². The highest BCUT2D eigenvalue weighted by atomic mass is 16.7. The van der Waals surface area contributed by atoms with Crippen LogP contribution < -0.4 is 20.1 Å². The number of methoxy groups -OCH3 is 1. The topological polar surface area (TPSA) is 103 Å². The van der Waals surface area contributed by atoms with Crippen molar-refractivity contribution in [2.75, 3.05) is 24.5 Å². The molecule has 0 spiro atoms. The molecule has 146 valence electrons. The number of carbonyl (C=O) groups is 3. The third-order valence-corrected chi connectivity index (χ3v) is 4.33. The Morgan fingerprint density at radius 1 is 0.893 bits per heavy atom. The quantitative estimate of drug-likeness (QED) is 0.607. The van der Waals surface area contributed by atoms with Crippen LogP contribution >= 0.6 is 0 Å². The fourth-order valence-corrected chi connectivity index (χ4v) is 2.46. The van der Waals surface area contributed by atoms with Crippen LogP contribution in [0, 0.1) is 5.41 Å². The molecule has 8 heteroatoms. The lowest BCUT2D eigenvalue weighted by Gasteiger charge is -2.23. The van der Waals surface area contributed by atoms with Gasteiger partial charge in [-0.2, -0.15) is 0 Å². The van der Waals surface area contributed by atoms with E-state index in [-0.39, 0.29) is 6.79 Å². The molecule has 0 radical (unpaired) electrons. The molecule has 1 heterocycles. The van der Waals surface area contributed by atoms with Crippen molar-refractivity contribution in [1.82, 2.24) is 0 Å². The van der Waals surface area contributed by atoms with Gasteiger partial charge in [0.1, 0.15) is 5.41 Å². The molecule has 0 fully saturated rings. The average Bonchev–Trinajstić information content (AvgIpc) is 3.15. The van der Waals surface area contributed by atoms with E-state index in [0.717, 1.165) is 0 Å². The molecule has 2 aromatic rings. The predicted octanol–water partition coefficient (Wildman–Crippen LogP) is 2.81. The first-order chi connectivity index (χ1) is 13.3. The predicted molar refractivity (Wildman–Crippen MR) is 101 cm³/mol. The molecule has 0 atom stereocenters. The van der Waals surface area contributed by atoms with Crippen LogP contribution in [0.1, 0.15) is 24.2 Å². The molecule has 1 aliphatic rings. The van der Waals surface area contributed by atoms with Crippen LogP contribution in [-0.2, 0) is 14.3 Å². The number of amides is 2. The van der Waals surface area contributed by atoms with Gasteiger partial charge in [-0.3, -0.25) is 9.59 Å². The van der Waals surface area contributed by atoms with Gasteiger partial charge in [-0.15, -0.1) is 0 Å². The number of esters is 1. The van der Waals surface area contributed by atoms with Gasteiger partial charge in [0, 0.05) is 17.4 Å². The van der Waals surface area contributed by atoms with Gasteiger partial charge in [0.05, 0.1) is 12.7 Å². The summed E-state index contributed by atoms with van der Waals surface area (Å²) in [6, 6.07) is 11.2. The molecule has 0 aliphatic carbocycles. The zero-order valence-corrected chi connectivity index (χ0v) is 15.7. The van der Waals surface area contributed by atoms with E-state index in [0.29, 0.717) is 28.4 Å². The van der Waals surface area contributed by atoms with Crippen molar-refractivity contribution in [1.29, 1.82) is 0 Å². The maximum atomic E-state index is 12.6. The molecule has 0 aromatic heterocycles. The Hall–Kier alpha value is -3.55. The van der Waals surface area contributed by atoms with Crippen molar-refractivity contribution in [3.63, 3.8) is 0 Å². The minimum atomic E-state index is -1.35. The van der Waals surface area contributed by atoms with Crippen LogP contribution in [-0.4, -0.2) is 31.7 Å². The van der Waals surface area contributed by atoms with Gasteiger partial charge in [0.2, 0.25) is 18.6 Å². The van der Waals surface area contributed by atoms with E-state index < -0.39 is 23.2 Å². The van der Waals surface area contributed by atoms with Crippen LogP contribution in [0.25, 0.3) is 0 Å². The Morgan fingerprint density at radius 2 is 1.46 bits per heavy atom. The number of fused-ring (bicyclic) bond motifs is 1. The van der Waals surface area contributed by atoms with Crippen LogP contribution in [0.15, 0.2) is 42.5 Å². The highest BCUT2D eigenvalue weighted by molar-refractivity contribution is 6.14. The number of carbonyl (C=O) groups excluding carboxylic acids is 3. The third-order valence-electron chi connectivity index (χ3n) is 4.33. The largest absolute Gasteiger partial charge is 0.465 e. The summed E-state index contributed by atoms with van der Waals surface area (Å²) in [4.78, 5) is 36.7. The summed E-state index contributed by atoms with van der Waals surface area (Å²) in [5.74, 6) is -0.302. The fraction of sp³-hybridized carbons (Fsp3) is 0.250. The zero-order chi connectivity index (χ0) is 20.3. The minimum absolute atomic E-state index is 0.134. The SMILES string of the molecule is COC(=O)c1ccc(NC(=O)C(C)(C)C(=O)Nc2ccc3c(c2)OCO3)cc1. The second-order valence-electron chi connectivity index (χ2n) is 6.67. The molecule has 0 saturated carbocycles. The Labute approximate surface area is 161 Å². The second-order valence-corrected chi connectivity index (χ2v) is 6.67. The Bertz CT molecular complexity index is 921. The van der Waals surface area contributed by atoms with Crippen molar-refractivity contribution >= 4 is 29.2 Å². The molecule has 8 nitrogen and oxygen atoms in total. The van der Waals surface area contributed by atoms with E-state index in [1.807, 2.05) is 0 Å². The number of hydrogen-bond donors (Lipinski definition) is 2. The molecular weight excluding hydrogens is 364 g/mol. The lowest BCUT2D eigenvalue weighted by molar-refractivity contribution is -0.135. The summed E-state index contributed by atoms with van der Waals surface area (Å²) in [5, 5.41) is 5.39. The molecule has 0 bridgehead atoms. The number of benzene rings is 2. The molecule has 0 unspecified atom stereocenters. The molecular formula is C20H20N2O6. The number of nitrogens with one attached hydrogen (secondary N) is 2. The monoisotopic (exact) mass is 384 g/mol. The summed E-state index contributed by atoms with van der Waals surface area (Å²) in [7, 11) is 1.29. The Morgan fingerprint density at radius 3 is 2.11 bits per heavy atom. The maximum Gasteiger partial charge on any atom is 0.337 e. The fourth-order valence-electron chi connectivity index (χ4n) is 2.46. The molecule has 1 aliphatic heterocycles. The number of rotatable bonds is 5. The normalized spacial score (nSPS) is 12.2. The second kappa shape index (κ2) is 7.59. The smallest absolute Gasteiger partial charge is 0.337 e. The molecule has 2 N–H and O–H groups in total. The molecule has 2 aromatic carbocycles. The lowest BCUT2D eigenvalue weighted by Crippen LogP contribution is -2.41. The van der Waals surface area contributed by atoms with Crippen molar-refractivity contribution < 1.29 is 28.6 Å². The van der Waals surface area contributed by atoms with Crippen molar-refractivity contribution in [3.8, 4) is 11.5 Å². The van der Waals surface area contributed by atoms with E-state index in [1.165, 1.54) is 33.1 Å². The van der Waals surface area contributed by atoms with Crippen molar-refractivity contribution in [2.24, 2.45) is 5.41 Å². The molecule has 28 heavy (non-hydrogen) atoms.